The average Bonchev–Trinajstić information content (AvgIpc) is 3.21. The smallest absolute Gasteiger partial charge is 0.297 e. The minimum absolute atomic E-state index is 0.0383. The van der Waals surface area contributed by atoms with Crippen LogP contribution in [0.4, 0.5) is 27.5 Å². The Morgan fingerprint density at radius 2 is 1.22 bits per heavy atom. The Kier molecular flexibility index (Phi) is 20.6. The number of primary amides is 1. The van der Waals surface area contributed by atoms with Gasteiger partial charge < -0.3 is 44.8 Å². The monoisotopic (exact) mass is 942 g/mol. The number of amides is 1. The highest BCUT2D eigenvalue weighted by Gasteiger charge is 2.17. The van der Waals surface area contributed by atoms with Crippen molar-refractivity contribution in [1.82, 2.24) is 14.7 Å². The number of aryl methyl sites for hydroxylation is 1. The summed E-state index contributed by atoms with van der Waals surface area (Å²) in [5, 5.41) is 5.85. The van der Waals surface area contributed by atoms with Crippen LogP contribution in [0.1, 0.15) is 15.9 Å². The fourth-order valence-electron chi connectivity index (χ4n) is 4.88. The quantitative estimate of drug-likeness (QED) is 0.0426. The molecule has 0 aliphatic rings. The molecular formula is C38H48BrFN6O12S2. The summed E-state index contributed by atoms with van der Waals surface area (Å²) in [6.45, 7) is 5.50. The number of benzene rings is 3. The predicted octanol–water partition coefficient (Wildman–Crippen LogP) is 4.06. The topological polar surface area (TPSA) is 238 Å². The summed E-state index contributed by atoms with van der Waals surface area (Å²) in [6, 6.07) is 16.3. The largest absolute Gasteiger partial charge is 0.378 e. The molecule has 0 spiro atoms. The lowest BCUT2D eigenvalue weighted by Crippen LogP contribution is -2.27. The van der Waals surface area contributed by atoms with E-state index in [0.29, 0.717) is 63.0 Å². The molecule has 0 unspecified atom stereocenters. The Hall–Kier alpha value is -4.20. The summed E-state index contributed by atoms with van der Waals surface area (Å²) in [4.78, 5) is 20.5. The van der Waals surface area contributed by atoms with Crippen LogP contribution in [0.25, 0.3) is 0 Å². The summed E-state index contributed by atoms with van der Waals surface area (Å²) in [5.41, 5.74) is 6.59. The molecule has 0 aliphatic carbocycles. The van der Waals surface area contributed by atoms with Gasteiger partial charge in [0.25, 0.3) is 16.0 Å². The molecule has 4 aromatic rings. The summed E-state index contributed by atoms with van der Waals surface area (Å²) in [7, 11) is -7.62. The molecule has 0 bridgehead atoms. The number of sulfonamides is 1. The molecule has 0 saturated carbocycles. The van der Waals surface area contributed by atoms with E-state index in [1.807, 2.05) is 6.92 Å². The van der Waals surface area contributed by atoms with Crippen LogP contribution in [0, 0.1) is 12.7 Å². The number of nitrogens with two attached hydrogens (primary N) is 1. The van der Waals surface area contributed by atoms with Crippen LogP contribution >= 0.6 is 15.9 Å². The zero-order valence-electron chi connectivity index (χ0n) is 32.8. The first-order valence-electron chi connectivity index (χ1n) is 18.5. The van der Waals surface area contributed by atoms with Crippen molar-refractivity contribution in [3.05, 3.63) is 94.3 Å². The lowest BCUT2D eigenvalue weighted by molar-refractivity contribution is -0.0174. The fourth-order valence-corrected chi connectivity index (χ4v) is 7.07. The van der Waals surface area contributed by atoms with Crippen LogP contribution in [0.3, 0.4) is 0 Å². The Bertz CT molecular complexity index is 2160. The van der Waals surface area contributed by atoms with E-state index in [0.717, 1.165) is 11.6 Å². The molecule has 0 saturated heterocycles. The van der Waals surface area contributed by atoms with Gasteiger partial charge in [-0.05, 0) is 71.4 Å². The van der Waals surface area contributed by atoms with Gasteiger partial charge in [-0.1, -0.05) is 23.8 Å². The van der Waals surface area contributed by atoms with Crippen molar-refractivity contribution in [2.75, 3.05) is 103 Å². The van der Waals surface area contributed by atoms with Crippen LogP contribution in [0.15, 0.2) is 87.2 Å². The zero-order valence-corrected chi connectivity index (χ0v) is 36.0. The number of aromatic nitrogens is 2. The third-order valence-corrected chi connectivity index (χ3v) is 11.2. The molecular weight excluding hydrogens is 895 g/mol. The average molecular weight is 944 g/mol. The molecule has 3 aromatic carbocycles. The molecule has 22 heteroatoms. The second-order valence-electron chi connectivity index (χ2n) is 12.4. The molecule has 1 heterocycles. The normalized spacial score (nSPS) is 11.8. The number of ether oxygens (including phenoxy) is 6. The molecule has 0 aliphatic heterocycles. The van der Waals surface area contributed by atoms with E-state index < -0.39 is 31.9 Å². The Labute approximate surface area is 356 Å². The molecule has 1 aromatic heterocycles. The first kappa shape index (κ1) is 48.5. The van der Waals surface area contributed by atoms with E-state index in [9.17, 15) is 26.0 Å². The summed E-state index contributed by atoms with van der Waals surface area (Å²) in [5.74, 6) is -1.36. The van der Waals surface area contributed by atoms with E-state index >= 15 is 0 Å². The maximum atomic E-state index is 14.2. The number of nitrogens with one attached hydrogen (secondary N) is 3. The van der Waals surface area contributed by atoms with E-state index in [-0.39, 0.29) is 72.4 Å². The number of hydrogen-bond donors (Lipinski definition) is 4. The highest BCUT2D eigenvalue weighted by molar-refractivity contribution is 9.10. The molecule has 0 atom stereocenters. The third-order valence-electron chi connectivity index (χ3n) is 7.85. The highest BCUT2D eigenvalue weighted by atomic mass is 79.9. The van der Waals surface area contributed by atoms with Gasteiger partial charge in [0, 0.05) is 18.4 Å². The number of anilines is 4. The lowest BCUT2D eigenvalue weighted by Gasteiger charge is -2.13. The zero-order chi connectivity index (χ0) is 43.2. The van der Waals surface area contributed by atoms with Crippen molar-refractivity contribution in [3.63, 3.8) is 0 Å². The summed E-state index contributed by atoms with van der Waals surface area (Å²) >= 11 is 3.32. The van der Waals surface area contributed by atoms with Gasteiger partial charge in [0.1, 0.15) is 11.6 Å². The highest BCUT2D eigenvalue weighted by Crippen LogP contribution is 2.28. The van der Waals surface area contributed by atoms with Crippen molar-refractivity contribution >= 4 is 65.1 Å². The molecule has 328 valence electrons. The van der Waals surface area contributed by atoms with Gasteiger partial charge in [-0.15, -0.1) is 0 Å². The number of nitrogens with zero attached hydrogens (tertiary/aromatic N) is 2. The Morgan fingerprint density at radius 3 is 1.77 bits per heavy atom. The molecule has 1 amide bonds. The first-order valence-corrected chi connectivity index (χ1v) is 22.2. The fraction of sp³-hybridized carbons (Fsp3) is 0.395. The van der Waals surface area contributed by atoms with Crippen molar-refractivity contribution in [2.45, 2.75) is 16.7 Å². The van der Waals surface area contributed by atoms with Crippen molar-refractivity contribution < 1.29 is 58.6 Å². The van der Waals surface area contributed by atoms with Gasteiger partial charge in [-0.3, -0.25) is 8.98 Å². The SMILES string of the molecule is Cc1ccc(S(=O)(=O)OCCOCCOCCOCCOCCOCCOCCNS(=O)(=O)c2ccc(Nc3ncc(Br)c(Nc4cccc(F)c4C(N)=O)n3)cc2)cc1. The van der Waals surface area contributed by atoms with Crippen molar-refractivity contribution in [1.29, 1.82) is 0 Å². The van der Waals surface area contributed by atoms with E-state index in [1.165, 1.54) is 42.6 Å². The Balaban J connectivity index is 0.961. The number of rotatable bonds is 30. The molecule has 0 radical (unpaired) electrons. The van der Waals surface area contributed by atoms with Gasteiger partial charge in [-0.2, -0.15) is 13.4 Å². The van der Waals surface area contributed by atoms with Gasteiger partial charge in [0.2, 0.25) is 16.0 Å². The van der Waals surface area contributed by atoms with Crippen LogP contribution in [-0.2, 0) is 52.7 Å². The second kappa shape index (κ2) is 25.5. The first-order chi connectivity index (χ1) is 28.9. The van der Waals surface area contributed by atoms with Crippen molar-refractivity contribution in [2.24, 2.45) is 5.73 Å². The van der Waals surface area contributed by atoms with E-state index in [4.69, 9.17) is 38.3 Å². The number of carbonyl (C=O) groups excluding carboxylic acids is 1. The molecule has 5 N–H and O–H groups in total. The van der Waals surface area contributed by atoms with Gasteiger partial charge in [0.05, 0.1) is 111 Å². The minimum atomic E-state index is -3.81. The van der Waals surface area contributed by atoms with Gasteiger partial charge in [-0.25, -0.2) is 22.5 Å². The Morgan fingerprint density at radius 1 is 0.700 bits per heavy atom. The minimum Gasteiger partial charge on any atom is -0.378 e. The summed E-state index contributed by atoms with van der Waals surface area (Å²) in [6.07, 6.45) is 1.45. The maximum Gasteiger partial charge on any atom is 0.297 e. The van der Waals surface area contributed by atoms with Crippen LogP contribution < -0.4 is 21.1 Å². The molecule has 18 nitrogen and oxygen atoms in total. The lowest BCUT2D eigenvalue weighted by atomic mass is 10.1. The number of carbonyl (C=O) groups is 1. The molecule has 60 heavy (non-hydrogen) atoms. The van der Waals surface area contributed by atoms with Crippen LogP contribution in [0.5, 0.6) is 0 Å². The van der Waals surface area contributed by atoms with Gasteiger partial charge in [0.15, 0.2) is 0 Å². The standard InChI is InChI=1S/C38H48BrFN6O12S2/c1-28-5-9-31(10-6-28)60(50,51)58-26-25-57-24-23-56-22-21-55-20-19-54-18-17-53-16-15-52-14-13-43-59(48,49)30-11-7-29(8-12-30)44-38-42-27-32(39)37(46-38)45-34-4-2-3-33(40)35(34)36(41)47/h2-12,27,43H,13-26H2,1H3,(H2,41,47)(H2,42,44,45,46). The summed E-state index contributed by atoms with van der Waals surface area (Å²) < 4.78 is 104. The van der Waals surface area contributed by atoms with E-state index in [2.05, 4.69) is 41.3 Å². The number of halogens is 2. The maximum absolute atomic E-state index is 14.2. The second-order valence-corrected chi connectivity index (χ2v) is 16.6. The molecule has 4 rings (SSSR count). The van der Waals surface area contributed by atoms with Crippen LogP contribution in [0.2, 0.25) is 0 Å². The van der Waals surface area contributed by atoms with Gasteiger partial charge >= 0.3 is 0 Å². The van der Waals surface area contributed by atoms with Crippen molar-refractivity contribution in [3.8, 4) is 0 Å². The predicted molar refractivity (Wildman–Crippen MR) is 222 cm³/mol. The van der Waals surface area contributed by atoms with Crippen LogP contribution in [-0.4, -0.2) is 125 Å². The molecule has 0 fully saturated rings. The number of hydrogen-bond acceptors (Lipinski definition) is 16. The van der Waals surface area contributed by atoms with E-state index in [1.54, 1.807) is 24.3 Å². The third kappa shape index (κ3) is 17.0.